The number of sulfonamides is 1. The highest BCUT2D eigenvalue weighted by molar-refractivity contribution is 7.89. The Balaban J connectivity index is 1.85. The fraction of sp³-hybridized carbons (Fsp3) is 0.571. The van der Waals surface area contributed by atoms with Gasteiger partial charge in [-0.15, -0.1) is 0 Å². The maximum absolute atomic E-state index is 12.1. The number of nitrogens with one attached hydrogen (secondary N) is 1. The molecule has 1 saturated heterocycles. The summed E-state index contributed by atoms with van der Waals surface area (Å²) in [6.07, 6.45) is 4.42. The van der Waals surface area contributed by atoms with Gasteiger partial charge in [0.15, 0.2) is 0 Å². The van der Waals surface area contributed by atoms with Crippen LogP contribution in [-0.2, 0) is 10.0 Å². The number of hydrogen-bond acceptors (Lipinski definition) is 5. The van der Waals surface area contributed by atoms with Gasteiger partial charge in [0.1, 0.15) is 0 Å². The van der Waals surface area contributed by atoms with Crippen LogP contribution in [0.2, 0.25) is 0 Å². The van der Waals surface area contributed by atoms with Gasteiger partial charge in [-0.2, -0.15) is 0 Å². The first-order valence-electron chi connectivity index (χ1n) is 7.45. The van der Waals surface area contributed by atoms with E-state index in [-0.39, 0.29) is 10.6 Å². The molecular formula is C14H21N3O4S. The van der Waals surface area contributed by atoms with Crippen LogP contribution < -0.4 is 4.72 Å². The SMILES string of the molecule is O=[N+]([O-])c1cccc(S(=O)(=O)NCCCN2CCCCC2)c1. The van der Waals surface area contributed by atoms with E-state index >= 15 is 0 Å². The van der Waals surface area contributed by atoms with Gasteiger partial charge >= 0.3 is 0 Å². The molecule has 1 N–H and O–H groups in total. The van der Waals surface area contributed by atoms with Crippen LogP contribution in [0.5, 0.6) is 0 Å². The molecule has 0 bridgehead atoms. The van der Waals surface area contributed by atoms with E-state index in [2.05, 4.69) is 9.62 Å². The first-order valence-corrected chi connectivity index (χ1v) is 8.94. The lowest BCUT2D eigenvalue weighted by molar-refractivity contribution is -0.385. The van der Waals surface area contributed by atoms with Gasteiger partial charge < -0.3 is 4.90 Å². The number of nitrogens with zero attached hydrogens (tertiary/aromatic N) is 2. The van der Waals surface area contributed by atoms with Gasteiger partial charge in [0.05, 0.1) is 9.82 Å². The zero-order valence-corrected chi connectivity index (χ0v) is 13.2. The minimum Gasteiger partial charge on any atom is -0.303 e. The van der Waals surface area contributed by atoms with Crippen LogP contribution in [0.4, 0.5) is 5.69 Å². The molecule has 1 heterocycles. The highest BCUT2D eigenvalue weighted by atomic mass is 32.2. The number of rotatable bonds is 7. The molecule has 1 fully saturated rings. The molecule has 1 aromatic carbocycles. The number of nitro benzene ring substituents is 1. The van der Waals surface area contributed by atoms with Crippen LogP contribution in [-0.4, -0.2) is 44.4 Å². The number of hydrogen-bond donors (Lipinski definition) is 1. The van der Waals surface area contributed by atoms with E-state index in [0.29, 0.717) is 6.54 Å². The van der Waals surface area contributed by atoms with Gasteiger partial charge in [0, 0.05) is 18.7 Å². The van der Waals surface area contributed by atoms with Crippen molar-refractivity contribution in [3.63, 3.8) is 0 Å². The van der Waals surface area contributed by atoms with Crippen LogP contribution >= 0.6 is 0 Å². The van der Waals surface area contributed by atoms with E-state index in [4.69, 9.17) is 0 Å². The highest BCUT2D eigenvalue weighted by Crippen LogP contribution is 2.17. The van der Waals surface area contributed by atoms with E-state index in [1.807, 2.05) is 0 Å². The minimum atomic E-state index is -3.69. The summed E-state index contributed by atoms with van der Waals surface area (Å²) in [6.45, 7) is 3.37. The zero-order valence-electron chi connectivity index (χ0n) is 12.4. The van der Waals surface area contributed by atoms with Crippen molar-refractivity contribution in [1.82, 2.24) is 9.62 Å². The summed E-state index contributed by atoms with van der Waals surface area (Å²) < 4.78 is 26.7. The van der Waals surface area contributed by atoms with Crippen molar-refractivity contribution in [1.29, 1.82) is 0 Å². The molecule has 2 rings (SSSR count). The molecular weight excluding hydrogens is 306 g/mol. The molecule has 122 valence electrons. The van der Waals surface area contributed by atoms with Crippen molar-refractivity contribution < 1.29 is 13.3 Å². The number of piperidine rings is 1. The summed E-state index contributed by atoms with van der Waals surface area (Å²) >= 11 is 0. The quantitative estimate of drug-likeness (QED) is 0.468. The van der Waals surface area contributed by atoms with Crippen molar-refractivity contribution in [2.75, 3.05) is 26.2 Å². The Kier molecular flexibility index (Phi) is 5.87. The van der Waals surface area contributed by atoms with E-state index in [9.17, 15) is 18.5 Å². The smallest absolute Gasteiger partial charge is 0.270 e. The second-order valence-electron chi connectivity index (χ2n) is 5.41. The fourth-order valence-corrected chi connectivity index (χ4v) is 3.65. The predicted octanol–water partition coefficient (Wildman–Crippen LogP) is 1.75. The summed E-state index contributed by atoms with van der Waals surface area (Å²) in [4.78, 5) is 12.4. The molecule has 0 radical (unpaired) electrons. The van der Waals surface area contributed by atoms with E-state index in [1.54, 1.807) is 0 Å². The molecule has 0 saturated carbocycles. The Bertz CT molecular complexity index is 612. The fourth-order valence-electron chi connectivity index (χ4n) is 2.54. The van der Waals surface area contributed by atoms with Gasteiger partial charge in [-0.05, 0) is 45.0 Å². The Morgan fingerprint density at radius 1 is 1.23 bits per heavy atom. The third-order valence-corrected chi connectivity index (χ3v) is 5.19. The largest absolute Gasteiger partial charge is 0.303 e. The van der Waals surface area contributed by atoms with Gasteiger partial charge in [-0.25, -0.2) is 13.1 Å². The molecule has 0 unspecified atom stereocenters. The Morgan fingerprint density at radius 3 is 2.64 bits per heavy atom. The lowest BCUT2D eigenvalue weighted by Gasteiger charge is -2.26. The number of nitro groups is 1. The minimum absolute atomic E-state index is 0.0697. The van der Waals surface area contributed by atoms with Crippen LogP contribution in [0.1, 0.15) is 25.7 Å². The number of likely N-dealkylation sites (tertiary alicyclic amines) is 1. The van der Waals surface area contributed by atoms with Crippen molar-refractivity contribution in [2.45, 2.75) is 30.6 Å². The Labute approximate surface area is 130 Å². The van der Waals surface area contributed by atoms with E-state index in [1.165, 1.54) is 37.5 Å². The molecule has 0 aliphatic carbocycles. The maximum Gasteiger partial charge on any atom is 0.270 e. The summed E-state index contributed by atoms with van der Waals surface area (Å²) in [5.41, 5.74) is -0.226. The third kappa shape index (κ3) is 4.75. The summed E-state index contributed by atoms with van der Waals surface area (Å²) in [6, 6.07) is 5.09. The molecule has 1 aliphatic heterocycles. The average molecular weight is 327 g/mol. The van der Waals surface area contributed by atoms with Crippen LogP contribution in [0.15, 0.2) is 29.2 Å². The van der Waals surface area contributed by atoms with E-state index < -0.39 is 14.9 Å². The van der Waals surface area contributed by atoms with Crippen molar-refractivity contribution in [2.24, 2.45) is 0 Å². The highest BCUT2D eigenvalue weighted by Gasteiger charge is 2.17. The second-order valence-corrected chi connectivity index (χ2v) is 7.18. The summed E-state index contributed by atoms with van der Waals surface area (Å²) in [5, 5.41) is 10.7. The molecule has 0 atom stereocenters. The molecule has 0 spiro atoms. The van der Waals surface area contributed by atoms with Crippen molar-refractivity contribution in [3.05, 3.63) is 34.4 Å². The molecule has 1 aromatic rings. The second kappa shape index (κ2) is 7.66. The summed E-state index contributed by atoms with van der Waals surface area (Å²) in [5.74, 6) is 0. The average Bonchev–Trinajstić information content (AvgIpc) is 2.53. The molecule has 8 heteroatoms. The van der Waals surface area contributed by atoms with Crippen LogP contribution in [0.3, 0.4) is 0 Å². The van der Waals surface area contributed by atoms with Crippen LogP contribution in [0, 0.1) is 10.1 Å². The van der Waals surface area contributed by atoms with Gasteiger partial charge in [0.2, 0.25) is 10.0 Å². The molecule has 7 nitrogen and oxygen atoms in total. The normalized spacial score (nSPS) is 16.5. The van der Waals surface area contributed by atoms with Crippen LogP contribution in [0.25, 0.3) is 0 Å². The molecule has 1 aliphatic rings. The van der Waals surface area contributed by atoms with Crippen molar-refractivity contribution in [3.8, 4) is 0 Å². The molecule has 0 aromatic heterocycles. The lowest BCUT2D eigenvalue weighted by Crippen LogP contribution is -2.33. The maximum atomic E-state index is 12.1. The van der Waals surface area contributed by atoms with E-state index in [0.717, 1.165) is 32.1 Å². The van der Waals surface area contributed by atoms with Crippen molar-refractivity contribution >= 4 is 15.7 Å². The standard InChI is InChI=1S/C14H21N3O4S/c18-17(19)13-6-4-7-14(12-13)22(20,21)15-8-5-11-16-9-2-1-3-10-16/h4,6-7,12,15H,1-3,5,8-11H2. The number of benzene rings is 1. The van der Waals surface area contributed by atoms with Gasteiger partial charge in [-0.1, -0.05) is 12.5 Å². The number of non-ortho nitro benzene ring substituents is 1. The first kappa shape index (κ1) is 16.9. The lowest BCUT2D eigenvalue weighted by atomic mass is 10.1. The zero-order chi connectivity index (χ0) is 16.0. The Morgan fingerprint density at radius 2 is 1.95 bits per heavy atom. The topological polar surface area (TPSA) is 92.5 Å². The van der Waals surface area contributed by atoms with Gasteiger partial charge in [0.25, 0.3) is 5.69 Å². The Hall–Kier alpha value is -1.51. The third-order valence-electron chi connectivity index (χ3n) is 3.73. The first-order chi connectivity index (χ1) is 10.5. The van der Waals surface area contributed by atoms with Gasteiger partial charge in [-0.3, -0.25) is 10.1 Å². The predicted molar refractivity (Wildman–Crippen MR) is 83.2 cm³/mol. The molecule has 0 amide bonds. The molecule has 22 heavy (non-hydrogen) atoms. The summed E-state index contributed by atoms with van der Waals surface area (Å²) in [7, 11) is -3.69. The monoisotopic (exact) mass is 327 g/mol.